The SMILES string of the molecule is CCC(C)C(NC(=O)c1ccc(Oc2ccccc2)nc1)C(N)=O. The fourth-order valence-electron chi connectivity index (χ4n) is 2.14. The van der Waals surface area contributed by atoms with Crippen molar-refractivity contribution in [1.82, 2.24) is 10.3 Å². The van der Waals surface area contributed by atoms with E-state index in [1.54, 1.807) is 12.1 Å². The Morgan fingerprint density at radius 3 is 2.46 bits per heavy atom. The van der Waals surface area contributed by atoms with Crippen LogP contribution in [0.5, 0.6) is 11.6 Å². The second-order valence-electron chi connectivity index (χ2n) is 5.54. The molecule has 1 heterocycles. The van der Waals surface area contributed by atoms with E-state index in [9.17, 15) is 9.59 Å². The molecule has 0 aliphatic rings. The van der Waals surface area contributed by atoms with Crippen LogP contribution in [0.1, 0.15) is 30.6 Å². The molecule has 1 aromatic heterocycles. The smallest absolute Gasteiger partial charge is 0.253 e. The van der Waals surface area contributed by atoms with Crippen molar-refractivity contribution in [3.8, 4) is 11.6 Å². The number of nitrogens with one attached hydrogen (secondary N) is 1. The first-order valence-corrected chi connectivity index (χ1v) is 7.80. The monoisotopic (exact) mass is 327 g/mol. The van der Waals surface area contributed by atoms with Crippen LogP contribution in [0.25, 0.3) is 0 Å². The molecule has 0 aliphatic carbocycles. The molecule has 2 aromatic rings. The van der Waals surface area contributed by atoms with Crippen LogP contribution in [0.3, 0.4) is 0 Å². The van der Waals surface area contributed by atoms with Crippen molar-refractivity contribution < 1.29 is 14.3 Å². The number of nitrogens with zero attached hydrogens (tertiary/aromatic N) is 1. The van der Waals surface area contributed by atoms with Gasteiger partial charge in [0, 0.05) is 12.3 Å². The Morgan fingerprint density at radius 2 is 1.92 bits per heavy atom. The van der Waals surface area contributed by atoms with Crippen LogP contribution in [-0.2, 0) is 4.79 Å². The molecular weight excluding hydrogens is 306 g/mol. The average Bonchev–Trinajstić information content (AvgIpc) is 2.60. The molecule has 2 rings (SSSR count). The largest absolute Gasteiger partial charge is 0.439 e. The van der Waals surface area contributed by atoms with Crippen LogP contribution >= 0.6 is 0 Å². The standard InChI is InChI=1S/C18H21N3O3/c1-3-12(2)16(17(19)22)21-18(23)13-9-10-15(20-11-13)24-14-7-5-4-6-8-14/h4-12,16H,3H2,1-2H3,(H2,19,22)(H,21,23). The summed E-state index contributed by atoms with van der Waals surface area (Å²) in [5.41, 5.74) is 5.70. The van der Waals surface area contributed by atoms with Gasteiger partial charge in [-0.15, -0.1) is 0 Å². The number of benzene rings is 1. The summed E-state index contributed by atoms with van der Waals surface area (Å²) in [4.78, 5) is 27.9. The molecule has 24 heavy (non-hydrogen) atoms. The summed E-state index contributed by atoms with van der Waals surface area (Å²) in [5, 5.41) is 2.66. The third-order valence-electron chi connectivity index (χ3n) is 3.77. The van der Waals surface area contributed by atoms with E-state index in [0.29, 0.717) is 17.2 Å². The lowest BCUT2D eigenvalue weighted by molar-refractivity contribution is -0.120. The number of ether oxygens (including phenoxy) is 1. The molecule has 2 amide bonds. The summed E-state index contributed by atoms with van der Waals surface area (Å²) in [6.45, 7) is 3.80. The molecule has 6 heteroatoms. The summed E-state index contributed by atoms with van der Waals surface area (Å²) in [5.74, 6) is 0.0616. The number of aromatic nitrogens is 1. The summed E-state index contributed by atoms with van der Waals surface area (Å²) in [7, 11) is 0. The van der Waals surface area contributed by atoms with Crippen molar-refractivity contribution in [3.05, 3.63) is 54.2 Å². The van der Waals surface area contributed by atoms with Crippen molar-refractivity contribution in [2.24, 2.45) is 11.7 Å². The lowest BCUT2D eigenvalue weighted by Crippen LogP contribution is -2.48. The Bertz CT molecular complexity index is 686. The molecule has 0 radical (unpaired) electrons. The van der Waals surface area contributed by atoms with Gasteiger partial charge in [0.05, 0.1) is 5.56 Å². The van der Waals surface area contributed by atoms with Crippen molar-refractivity contribution in [1.29, 1.82) is 0 Å². The van der Waals surface area contributed by atoms with Crippen LogP contribution in [0, 0.1) is 5.92 Å². The van der Waals surface area contributed by atoms with E-state index in [1.165, 1.54) is 6.20 Å². The second-order valence-corrected chi connectivity index (χ2v) is 5.54. The van der Waals surface area contributed by atoms with Crippen LogP contribution in [0.4, 0.5) is 0 Å². The third-order valence-corrected chi connectivity index (χ3v) is 3.77. The van der Waals surface area contributed by atoms with Gasteiger partial charge in [0.2, 0.25) is 11.8 Å². The van der Waals surface area contributed by atoms with Crippen molar-refractivity contribution >= 4 is 11.8 Å². The van der Waals surface area contributed by atoms with Gasteiger partial charge in [-0.3, -0.25) is 9.59 Å². The van der Waals surface area contributed by atoms with E-state index in [4.69, 9.17) is 10.5 Å². The lowest BCUT2D eigenvalue weighted by atomic mass is 9.98. The van der Waals surface area contributed by atoms with E-state index < -0.39 is 17.9 Å². The fraction of sp³-hybridized carbons (Fsp3) is 0.278. The molecule has 1 aromatic carbocycles. The molecule has 2 unspecified atom stereocenters. The van der Waals surface area contributed by atoms with Crippen LogP contribution in [0.2, 0.25) is 0 Å². The van der Waals surface area contributed by atoms with Crippen molar-refractivity contribution in [3.63, 3.8) is 0 Å². The number of hydrogen-bond acceptors (Lipinski definition) is 4. The van der Waals surface area contributed by atoms with Gasteiger partial charge in [0.1, 0.15) is 11.8 Å². The normalized spacial score (nSPS) is 12.9. The molecule has 0 saturated heterocycles. The number of hydrogen-bond donors (Lipinski definition) is 2. The van der Waals surface area contributed by atoms with Gasteiger partial charge >= 0.3 is 0 Å². The minimum Gasteiger partial charge on any atom is -0.439 e. The highest BCUT2D eigenvalue weighted by Crippen LogP contribution is 2.18. The van der Waals surface area contributed by atoms with Crippen molar-refractivity contribution in [2.45, 2.75) is 26.3 Å². The summed E-state index contributed by atoms with van der Waals surface area (Å²) >= 11 is 0. The maximum absolute atomic E-state index is 12.2. The number of amides is 2. The molecule has 0 spiro atoms. The molecule has 0 aliphatic heterocycles. The van der Waals surface area contributed by atoms with E-state index in [1.807, 2.05) is 44.2 Å². The van der Waals surface area contributed by atoms with E-state index in [-0.39, 0.29) is 5.92 Å². The van der Waals surface area contributed by atoms with Crippen LogP contribution in [0.15, 0.2) is 48.7 Å². The summed E-state index contributed by atoms with van der Waals surface area (Å²) < 4.78 is 5.57. The Balaban J connectivity index is 2.04. The van der Waals surface area contributed by atoms with Crippen LogP contribution in [-0.4, -0.2) is 22.8 Å². The Hall–Kier alpha value is -2.89. The van der Waals surface area contributed by atoms with Gasteiger partial charge < -0.3 is 15.8 Å². The number of nitrogens with two attached hydrogens (primary N) is 1. The Morgan fingerprint density at radius 1 is 1.21 bits per heavy atom. The van der Waals surface area contributed by atoms with Gasteiger partial charge in [-0.1, -0.05) is 38.5 Å². The zero-order chi connectivity index (χ0) is 17.5. The maximum Gasteiger partial charge on any atom is 0.253 e. The molecule has 0 bridgehead atoms. The molecule has 0 saturated carbocycles. The first-order valence-electron chi connectivity index (χ1n) is 7.80. The number of pyridine rings is 1. The Kier molecular flexibility index (Phi) is 5.89. The number of para-hydroxylation sites is 1. The minimum atomic E-state index is -0.706. The average molecular weight is 327 g/mol. The highest BCUT2D eigenvalue weighted by molar-refractivity contribution is 5.97. The fourth-order valence-corrected chi connectivity index (χ4v) is 2.14. The molecule has 3 N–H and O–H groups in total. The first kappa shape index (κ1) is 17.5. The third kappa shape index (κ3) is 4.55. The van der Waals surface area contributed by atoms with E-state index >= 15 is 0 Å². The molecular formula is C18H21N3O3. The predicted octanol–water partition coefficient (Wildman–Crippen LogP) is 2.50. The summed E-state index contributed by atoms with van der Waals surface area (Å²) in [6.07, 6.45) is 2.14. The Labute approximate surface area is 141 Å². The highest BCUT2D eigenvalue weighted by Gasteiger charge is 2.24. The molecule has 6 nitrogen and oxygen atoms in total. The first-order chi connectivity index (χ1) is 11.5. The number of carbonyl (C=O) groups is 2. The van der Waals surface area contributed by atoms with Gasteiger partial charge in [-0.05, 0) is 24.1 Å². The van der Waals surface area contributed by atoms with E-state index in [2.05, 4.69) is 10.3 Å². The van der Waals surface area contributed by atoms with Crippen molar-refractivity contribution in [2.75, 3.05) is 0 Å². The van der Waals surface area contributed by atoms with Gasteiger partial charge in [0.25, 0.3) is 5.91 Å². The molecule has 0 fully saturated rings. The van der Waals surface area contributed by atoms with Gasteiger partial charge in [-0.25, -0.2) is 4.98 Å². The van der Waals surface area contributed by atoms with Crippen LogP contribution < -0.4 is 15.8 Å². The quantitative estimate of drug-likeness (QED) is 0.817. The predicted molar refractivity (Wildman–Crippen MR) is 90.7 cm³/mol. The second kappa shape index (κ2) is 8.10. The number of primary amides is 1. The van der Waals surface area contributed by atoms with Gasteiger partial charge in [0.15, 0.2) is 0 Å². The molecule has 2 atom stereocenters. The summed E-state index contributed by atoms with van der Waals surface area (Å²) in [6, 6.07) is 11.7. The molecule has 126 valence electrons. The maximum atomic E-state index is 12.2. The zero-order valence-electron chi connectivity index (χ0n) is 13.7. The minimum absolute atomic E-state index is 0.0416. The zero-order valence-corrected chi connectivity index (χ0v) is 13.7. The lowest BCUT2D eigenvalue weighted by Gasteiger charge is -2.21. The number of rotatable bonds is 7. The highest BCUT2D eigenvalue weighted by atomic mass is 16.5. The number of carbonyl (C=O) groups excluding carboxylic acids is 2. The van der Waals surface area contributed by atoms with E-state index in [0.717, 1.165) is 6.42 Å². The topological polar surface area (TPSA) is 94.3 Å². The van der Waals surface area contributed by atoms with Gasteiger partial charge in [-0.2, -0.15) is 0 Å².